The van der Waals surface area contributed by atoms with Gasteiger partial charge >= 0.3 is 30.0 Å². The fourth-order valence-electron chi connectivity index (χ4n) is 10.4. The summed E-state index contributed by atoms with van der Waals surface area (Å²) in [6.07, 6.45) is -7.26. The van der Waals surface area contributed by atoms with Crippen molar-refractivity contribution in [1.29, 1.82) is 0 Å². The molecule has 4 aliphatic rings. The molecule has 6 rings (SSSR count). The summed E-state index contributed by atoms with van der Waals surface area (Å²) >= 11 is 0. The van der Waals surface area contributed by atoms with Gasteiger partial charge in [-0.1, -0.05) is 75.7 Å². The van der Waals surface area contributed by atoms with E-state index in [1.165, 1.54) is 28.1 Å². The van der Waals surface area contributed by atoms with Gasteiger partial charge in [0, 0.05) is 46.3 Å². The molecule has 1 aliphatic heterocycles. The molecular formula is C51H69NO16. The number of ketones is 1. The summed E-state index contributed by atoms with van der Waals surface area (Å²) in [5, 5.41) is 28.0. The molecule has 11 atom stereocenters. The largest absolute Gasteiger partial charge is 0.466 e. The molecule has 3 aliphatic carbocycles. The highest BCUT2D eigenvalue weighted by molar-refractivity contribution is 5.94. The minimum absolute atomic E-state index is 0.121. The highest BCUT2D eigenvalue weighted by Crippen LogP contribution is 2.64. The van der Waals surface area contributed by atoms with Crippen LogP contribution in [0.2, 0.25) is 0 Å². The van der Waals surface area contributed by atoms with Gasteiger partial charge < -0.3 is 53.4 Å². The summed E-state index contributed by atoms with van der Waals surface area (Å²) in [6.45, 7) is 16.8. The first-order valence-electron chi connectivity index (χ1n) is 23.0. The van der Waals surface area contributed by atoms with Crippen molar-refractivity contribution in [2.45, 2.75) is 154 Å². The minimum Gasteiger partial charge on any atom is -0.466 e. The summed E-state index contributed by atoms with van der Waals surface area (Å²) in [5.74, 6) is -4.70. The van der Waals surface area contributed by atoms with Crippen LogP contribution < -0.4 is 5.32 Å². The Morgan fingerprint density at radius 1 is 0.912 bits per heavy atom. The van der Waals surface area contributed by atoms with Gasteiger partial charge in [-0.25, -0.2) is 14.4 Å². The van der Waals surface area contributed by atoms with Crippen LogP contribution in [0.5, 0.6) is 0 Å². The van der Waals surface area contributed by atoms with Crippen LogP contribution in [0.3, 0.4) is 0 Å². The molecule has 0 aromatic heterocycles. The van der Waals surface area contributed by atoms with E-state index in [0.29, 0.717) is 17.7 Å². The molecule has 2 aromatic carbocycles. The number of nitrogens with one attached hydrogen (secondary N) is 1. The number of carbonyl (C=O) groups excluding carboxylic acids is 6. The van der Waals surface area contributed by atoms with Crippen molar-refractivity contribution in [2.75, 3.05) is 27.4 Å². The van der Waals surface area contributed by atoms with E-state index in [1.807, 2.05) is 0 Å². The summed E-state index contributed by atoms with van der Waals surface area (Å²) in [5.41, 5.74) is -6.72. The average Bonchev–Trinajstić information content (AvgIpc) is 3.26. The Bertz CT molecular complexity index is 2190. The van der Waals surface area contributed by atoms with Gasteiger partial charge in [-0.3, -0.25) is 14.4 Å². The van der Waals surface area contributed by atoms with Gasteiger partial charge in [0.15, 0.2) is 17.5 Å². The lowest BCUT2D eigenvalue weighted by molar-refractivity contribution is -0.347. The number of alkyl carbamates (subject to hydrolysis) is 1. The zero-order chi connectivity index (χ0) is 50.6. The number of hydrogen-bond donors (Lipinski definition) is 3. The minimum atomic E-state index is -2.22. The van der Waals surface area contributed by atoms with E-state index in [0.717, 1.165) is 12.8 Å². The van der Waals surface area contributed by atoms with Gasteiger partial charge in [-0.2, -0.15) is 0 Å². The van der Waals surface area contributed by atoms with Crippen LogP contribution in [0.15, 0.2) is 71.8 Å². The Balaban J connectivity index is 0.000000989. The molecule has 2 aromatic rings. The van der Waals surface area contributed by atoms with Crippen LogP contribution in [0.4, 0.5) is 4.79 Å². The van der Waals surface area contributed by atoms with Gasteiger partial charge in [0.05, 0.1) is 42.3 Å². The normalized spacial score (nSPS) is 30.1. The van der Waals surface area contributed by atoms with Gasteiger partial charge in [0.2, 0.25) is 0 Å². The Morgan fingerprint density at radius 3 is 2.04 bits per heavy atom. The van der Waals surface area contributed by atoms with Crippen LogP contribution in [0.1, 0.15) is 117 Å². The maximum atomic E-state index is 15.5. The monoisotopic (exact) mass is 951 g/mol. The molecule has 0 spiro atoms. The smallest absolute Gasteiger partial charge is 0.408 e. The molecule has 1 amide bonds. The molecule has 1 unspecified atom stereocenters. The second-order valence-electron chi connectivity index (χ2n) is 19.7. The number of carbonyl (C=O) groups is 6. The Labute approximate surface area is 398 Å². The van der Waals surface area contributed by atoms with Gasteiger partial charge in [-0.15, -0.1) is 0 Å². The standard InChI is InChI=1S/C45H57NO14.C6H12O2/c1-24-28(57-39(51)33(48)32(26-17-13-11-14-18-26)46-40(52)60-41(3,4)5)22-45(53)37(58-38(50)27-19-15-12-16-20-27)35-43(8,36(49)34(55-10)31(24)42(45,6)7)29(54-9)21-30-44(35,23-56-30)59-25(2)47;1-3-4-5-8-6(2)7/h11-20,28-30,32-35,37,48,53H,21-23H2,1-10H3,(H,46,52);3-5H2,1-2H3/t28-,29-,30+,32-,33+,34+,35?,37-,43+,44-,45+;/m0./s1. The molecule has 1 saturated heterocycles. The van der Waals surface area contributed by atoms with Gasteiger partial charge in [0.25, 0.3) is 0 Å². The number of hydrogen-bond acceptors (Lipinski definition) is 16. The van der Waals surface area contributed by atoms with Gasteiger partial charge in [-0.05, 0) is 69.9 Å². The number of fused-ring (bicyclic) bond motifs is 5. The molecule has 374 valence electrons. The predicted octanol–water partition coefficient (Wildman–Crippen LogP) is 5.92. The van der Waals surface area contributed by atoms with Crippen LogP contribution in [-0.2, 0) is 57.1 Å². The van der Waals surface area contributed by atoms with Crippen molar-refractivity contribution in [2.24, 2.45) is 16.7 Å². The van der Waals surface area contributed by atoms with Crippen molar-refractivity contribution in [3.05, 3.63) is 82.9 Å². The molecule has 17 nitrogen and oxygen atoms in total. The highest BCUT2D eigenvalue weighted by atomic mass is 16.6. The fourth-order valence-corrected chi connectivity index (χ4v) is 10.4. The third-order valence-corrected chi connectivity index (χ3v) is 13.8. The summed E-state index contributed by atoms with van der Waals surface area (Å²) in [6, 6.07) is 15.1. The Hall–Kier alpha value is -5.20. The van der Waals surface area contributed by atoms with E-state index < -0.39 is 112 Å². The van der Waals surface area contributed by atoms with Crippen LogP contribution >= 0.6 is 0 Å². The molecule has 0 radical (unpaired) electrons. The number of amides is 1. The molecule has 2 saturated carbocycles. The first-order valence-corrected chi connectivity index (χ1v) is 23.0. The van der Waals surface area contributed by atoms with E-state index in [1.54, 1.807) is 109 Å². The van der Waals surface area contributed by atoms with Crippen molar-refractivity contribution in [3.8, 4) is 0 Å². The SMILES string of the molecule is CCCCOC(C)=O.CO[C@H]1C(=O)[C@@]2(C)C([C@H](OC(=O)c3ccccc3)[C@]3(O)C[C@H](OC(=O)[C@H](O)[C@@H](NC(=O)OC(C)(C)C)c4ccccc4)C(C)=C1C3(C)C)[C@]1(OC(C)=O)CO[C@@H]1C[C@@H]2OC. The maximum absolute atomic E-state index is 15.5. The lowest BCUT2D eigenvalue weighted by Crippen LogP contribution is -2.82. The molecule has 2 bridgehead atoms. The van der Waals surface area contributed by atoms with Crippen molar-refractivity contribution in [3.63, 3.8) is 0 Å². The molecule has 3 fully saturated rings. The van der Waals surface area contributed by atoms with Crippen LogP contribution in [0.25, 0.3) is 0 Å². The topological polar surface area (TPSA) is 229 Å². The lowest BCUT2D eigenvalue weighted by atomic mass is 9.44. The number of rotatable bonds is 13. The van der Waals surface area contributed by atoms with Crippen LogP contribution in [-0.4, -0.2) is 127 Å². The number of esters is 4. The predicted molar refractivity (Wildman–Crippen MR) is 245 cm³/mol. The first-order chi connectivity index (χ1) is 31.8. The van der Waals surface area contributed by atoms with E-state index in [-0.39, 0.29) is 30.1 Å². The number of aliphatic hydroxyl groups excluding tert-OH is 1. The number of unbranched alkanes of at least 4 members (excludes halogenated alkanes) is 1. The Morgan fingerprint density at radius 2 is 1.53 bits per heavy atom. The second-order valence-corrected chi connectivity index (χ2v) is 19.7. The number of methoxy groups -OCH3 is 2. The summed E-state index contributed by atoms with van der Waals surface area (Å²) < 4.78 is 47.0. The molecule has 3 N–H and O–H groups in total. The fraction of sp³-hybridized carbons (Fsp3) is 0.608. The van der Waals surface area contributed by atoms with Crippen LogP contribution in [0, 0.1) is 16.7 Å². The highest BCUT2D eigenvalue weighted by Gasteiger charge is 2.78. The molecule has 1 heterocycles. The van der Waals surface area contributed by atoms with Gasteiger partial charge in [0.1, 0.15) is 35.6 Å². The average molecular weight is 952 g/mol. The zero-order valence-electron chi connectivity index (χ0n) is 41.2. The van der Waals surface area contributed by atoms with Crippen molar-refractivity contribution >= 4 is 35.8 Å². The maximum Gasteiger partial charge on any atom is 0.408 e. The van der Waals surface area contributed by atoms with Crippen molar-refractivity contribution in [1.82, 2.24) is 5.32 Å². The molecular weight excluding hydrogens is 883 g/mol. The molecule has 17 heteroatoms. The van der Waals surface area contributed by atoms with Crippen molar-refractivity contribution < 1.29 is 76.9 Å². The molecule has 68 heavy (non-hydrogen) atoms. The van der Waals surface area contributed by atoms with E-state index in [9.17, 15) is 34.2 Å². The quantitative estimate of drug-likeness (QED) is 0.0917. The van der Waals surface area contributed by atoms with E-state index >= 15 is 4.79 Å². The third-order valence-electron chi connectivity index (χ3n) is 13.8. The number of benzene rings is 2. The number of Topliss-reactive ketones (excluding diaryl/α,β-unsaturated/α-hetero) is 1. The first kappa shape index (κ1) is 53.8. The summed E-state index contributed by atoms with van der Waals surface area (Å²) in [7, 11) is 2.78. The van der Waals surface area contributed by atoms with E-state index in [4.69, 9.17) is 33.2 Å². The number of aliphatic hydroxyl groups is 2. The lowest BCUT2D eigenvalue weighted by Gasteiger charge is -2.67. The Kier molecular flexibility index (Phi) is 16.8. The number of ether oxygens (including phenoxy) is 8. The second kappa shape index (κ2) is 21.2. The zero-order valence-corrected chi connectivity index (χ0v) is 41.2. The summed E-state index contributed by atoms with van der Waals surface area (Å²) in [4.78, 5) is 80.2. The van der Waals surface area contributed by atoms with E-state index in [2.05, 4.69) is 17.0 Å². The third kappa shape index (κ3) is 10.5.